The van der Waals surface area contributed by atoms with Gasteiger partial charge in [0.25, 0.3) is 0 Å². The van der Waals surface area contributed by atoms with Crippen LogP contribution in [0.5, 0.6) is 0 Å². The summed E-state index contributed by atoms with van der Waals surface area (Å²) >= 11 is 0. The molecule has 0 aromatic rings. The zero-order valence-corrected chi connectivity index (χ0v) is 23.4. The van der Waals surface area contributed by atoms with E-state index < -0.39 is 17.8 Å². The zero-order valence-electron chi connectivity index (χ0n) is 23.4. The average Bonchev–Trinajstić information content (AvgIpc) is 3.13. The lowest BCUT2D eigenvalue weighted by molar-refractivity contribution is -0.232. The van der Waals surface area contributed by atoms with E-state index in [4.69, 9.17) is 0 Å². The molecule has 0 heterocycles. The molecule has 4 aliphatic carbocycles. The molecular weight excluding hydrogens is 432 g/mol. The maximum absolute atomic E-state index is 12.1. The lowest BCUT2D eigenvalue weighted by atomic mass is 9.41. The van der Waals surface area contributed by atoms with E-state index >= 15 is 0 Å². The van der Waals surface area contributed by atoms with Crippen LogP contribution in [0.25, 0.3) is 0 Å². The van der Waals surface area contributed by atoms with Crippen LogP contribution in [0.3, 0.4) is 0 Å². The normalized spacial score (nSPS) is 49.4. The smallest absolute Gasteiger partial charge is 0.0804 e. The molecule has 4 saturated carbocycles. The summed E-state index contributed by atoms with van der Waals surface area (Å²) in [5.41, 5.74) is -0.641. The minimum absolute atomic E-state index is 0.0260. The zero-order chi connectivity index (χ0) is 25.8. The van der Waals surface area contributed by atoms with Crippen molar-refractivity contribution < 1.29 is 15.3 Å². The average molecular weight is 487 g/mol. The Morgan fingerprint density at radius 1 is 0.943 bits per heavy atom. The first-order chi connectivity index (χ1) is 16.4. The van der Waals surface area contributed by atoms with Crippen molar-refractivity contribution in [3.05, 3.63) is 24.8 Å². The molecule has 0 aliphatic heterocycles. The maximum atomic E-state index is 12.1. The van der Waals surface area contributed by atoms with Crippen LogP contribution in [0, 0.1) is 58.2 Å². The van der Waals surface area contributed by atoms with E-state index in [9.17, 15) is 15.3 Å². The quantitative estimate of drug-likeness (QED) is 0.348. The molecule has 3 nitrogen and oxygen atoms in total. The third kappa shape index (κ3) is 4.50. The molecule has 35 heavy (non-hydrogen) atoms. The summed E-state index contributed by atoms with van der Waals surface area (Å²) in [6.07, 6.45) is 14.2. The van der Waals surface area contributed by atoms with Crippen molar-refractivity contribution in [2.75, 3.05) is 0 Å². The van der Waals surface area contributed by atoms with E-state index in [-0.39, 0.29) is 11.3 Å². The Bertz CT molecular complexity index is 790. The highest BCUT2D eigenvalue weighted by Gasteiger charge is 2.66. The summed E-state index contributed by atoms with van der Waals surface area (Å²) in [6.45, 7) is 18.3. The molecular formula is C32H54O3. The summed E-state index contributed by atoms with van der Waals surface area (Å²) in [5.74, 6) is 4.30. The van der Waals surface area contributed by atoms with Crippen molar-refractivity contribution in [2.24, 2.45) is 58.2 Å². The summed E-state index contributed by atoms with van der Waals surface area (Å²) < 4.78 is 0. The molecule has 4 fully saturated rings. The van der Waals surface area contributed by atoms with Crippen molar-refractivity contribution in [3.63, 3.8) is 0 Å². The predicted octanol–water partition coefficient (Wildman–Crippen LogP) is 6.77. The lowest BCUT2D eigenvalue weighted by Gasteiger charge is -2.65. The topological polar surface area (TPSA) is 60.7 Å². The van der Waals surface area contributed by atoms with Gasteiger partial charge in [0.15, 0.2) is 0 Å². The van der Waals surface area contributed by atoms with Crippen molar-refractivity contribution in [1.82, 2.24) is 0 Å². The Balaban J connectivity index is 1.62. The first-order valence-corrected chi connectivity index (χ1v) is 14.8. The molecule has 4 rings (SSSR count). The largest absolute Gasteiger partial charge is 0.390 e. The number of fused-ring (bicyclic) bond motifs is 5. The van der Waals surface area contributed by atoms with Crippen LogP contribution in [0.1, 0.15) is 99.3 Å². The third-order valence-corrected chi connectivity index (χ3v) is 12.1. The van der Waals surface area contributed by atoms with E-state index in [1.54, 1.807) is 0 Å². The Morgan fingerprint density at radius 2 is 1.63 bits per heavy atom. The van der Waals surface area contributed by atoms with Crippen LogP contribution in [-0.4, -0.2) is 33.1 Å². The molecule has 0 amide bonds. The Kier molecular flexibility index (Phi) is 7.76. The number of aliphatic hydroxyl groups excluding tert-OH is 2. The van der Waals surface area contributed by atoms with Crippen LogP contribution in [-0.2, 0) is 0 Å². The van der Waals surface area contributed by atoms with E-state index in [0.29, 0.717) is 66.1 Å². The number of aliphatic hydroxyl groups is 3. The van der Waals surface area contributed by atoms with E-state index in [1.165, 1.54) is 32.1 Å². The van der Waals surface area contributed by atoms with Crippen LogP contribution >= 0.6 is 0 Å². The van der Waals surface area contributed by atoms with Crippen LogP contribution in [0.15, 0.2) is 24.8 Å². The van der Waals surface area contributed by atoms with Gasteiger partial charge in [-0.05, 0) is 116 Å². The van der Waals surface area contributed by atoms with Crippen molar-refractivity contribution >= 4 is 0 Å². The third-order valence-electron chi connectivity index (χ3n) is 12.1. The minimum Gasteiger partial charge on any atom is -0.390 e. The van der Waals surface area contributed by atoms with Crippen molar-refractivity contribution in [2.45, 2.75) is 117 Å². The number of rotatable bonds is 7. The number of hydrogen-bond acceptors (Lipinski definition) is 3. The molecule has 0 radical (unpaired) electrons. The van der Waals surface area contributed by atoms with Gasteiger partial charge in [0.2, 0.25) is 0 Å². The van der Waals surface area contributed by atoms with E-state index in [1.807, 2.05) is 6.08 Å². The summed E-state index contributed by atoms with van der Waals surface area (Å²) in [7, 11) is 0. The van der Waals surface area contributed by atoms with E-state index in [2.05, 4.69) is 60.3 Å². The summed E-state index contributed by atoms with van der Waals surface area (Å²) in [4.78, 5) is 0. The molecule has 12 atom stereocenters. The van der Waals surface area contributed by atoms with E-state index in [0.717, 1.165) is 6.42 Å². The van der Waals surface area contributed by atoms with Gasteiger partial charge in [-0.3, -0.25) is 0 Å². The molecule has 3 heteroatoms. The molecule has 0 spiro atoms. The minimum atomic E-state index is -0.827. The summed E-state index contributed by atoms with van der Waals surface area (Å²) in [6, 6.07) is 0. The van der Waals surface area contributed by atoms with Crippen LogP contribution in [0.2, 0.25) is 0 Å². The van der Waals surface area contributed by atoms with Crippen LogP contribution < -0.4 is 0 Å². The highest BCUT2D eigenvalue weighted by atomic mass is 16.3. The molecule has 0 aromatic heterocycles. The van der Waals surface area contributed by atoms with Gasteiger partial charge in [-0.15, -0.1) is 6.58 Å². The van der Waals surface area contributed by atoms with Crippen LogP contribution in [0.4, 0.5) is 0 Å². The van der Waals surface area contributed by atoms with Gasteiger partial charge in [0, 0.05) is 0 Å². The highest BCUT2D eigenvalue weighted by Crippen LogP contribution is 2.70. The fourth-order valence-corrected chi connectivity index (χ4v) is 10.2. The first-order valence-electron chi connectivity index (χ1n) is 14.8. The van der Waals surface area contributed by atoms with Gasteiger partial charge in [-0.1, -0.05) is 59.8 Å². The fraction of sp³-hybridized carbons (Fsp3) is 0.875. The second kappa shape index (κ2) is 9.91. The second-order valence-electron chi connectivity index (χ2n) is 14.1. The predicted molar refractivity (Wildman–Crippen MR) is 145 cm³/mol. The Labute approximate surface area is 215 Å². The molecule has 0 saturated heterocycles. The molecule has 0 aromatic carbocycles. The fourth-order valence-electron chi connectivity index (χ4n) is 10.2. The van der Waals surface area contributed by atoms with Gasteiger partial charge >= 0.3 is 0 Å². The SMILES string of the molecule is C=CC[C@@]1(O)C[C@@H]2[C@H](CC[C@]3(C)[C@@H]([C@H](C)/C=C/[C@@H](CC)C(C)C)CC[C@@H]23)[C@@]2(C)C[C@@H](O)[C@@H](O)C[C@H]12. The molecule has 3 N–H and O–H groups in total. The van der Waals surface area contributed by atoms with Gasteiger partial charge in [-0.2, -0.15) is 0 Å². The standard InChI is InChI=1S/C32H54O3/c1-8-15-32(35)18-23-25-13-12-24(21(5)10-11-22(9-2)20(3)4)30(25,6)16-14-26(23)31(7)19-28(34)27(33)17-29(31)32/h8,10-11,20-29,33-35H,1,9,12-19H2,2-7H3/b11-10+/t21-,22-,23+,24-,25+,26+,27+,28-,29+,30-,31-,32-/m1/s1. The molecule has 0 unspecified atom stereocenters. The van der Waals surface area contributed by atoms with Gasteiger partial charge in [-0.25, -0.2) is 0 Å². The molecule has 0 bridgehead atoms. The van der Waals surface area contributed by atoms with Gasteiger partial charge in [0.1, 0.15) is 0 Å². The summed E-state index contributed by atoms with van der Waals surface area (Å²) in [5, 5.41) is 33.4. The van der Waals surface area contributed by atoms with Crippen molar-refractivity contribution in [1.29, 1.82) is 0 Å². The second-order valence-corrected chi connectivity index (χ2v) is 14.1. The Morgan fingerprint density at radius 3 is 2.26 bits per heavy atom. The molecule has 4 aliphatic rings. The lowest BCUT2D eigenvalue weighted by Crippen LogP contribution is -2.65. The van der Waals surface area contributed by atoms with Crippen molar-refractivity contribution in [3.8, 4) is 0 Å². The van der Waals surface area contributed by atoms with Gasteiger partial charge in [0.05, 0.1) is 17.8 Å². The molecule has 200 valence electrons. The first kappa shape index (κ1) is 27.4. The number of allylic oxidation sites excluding steroid dienone is 2. The van der Waals surface area contributed by atoms with Gasteiger partial charge < -0.3 is 15.3 Å². The Hall–Kier alpha value is -0.640. The maximum Gasteiger partial charge on any atom is 0.0804 e. The number of hydrogen-bond donors (Lipinski definition) is 3. The highest BCUT2D eigenvalue weighted by molar-refractivity contribution is 5.17. The monoisotopic (exact) mass is 486 g/mol.